The largest absolute Gasteiger partial charge is 0.489 e. The molecule has 0 aromatic heterocycles. The van der Waals surface area contributed by atoms with Gasteiger partial charge in [-0.1, -0.05) is 39.7 Å². The first kappa shape index (κ1) is 18.8. The lowest BCUT2D eigenvalue weighted by Gasteiger charge is -2.17. The van der Waals surface area contributed by atoms with Gasteiger partial charge < -0.3 is 10.1 Å². The van der Waals surface area contributed by atoms with Gasteiger partial charge in [-0.15, -0.1) is 0 Å². The second-order valence-electron chi connectivity index (χ2n) is 5.60. The predicted molar refractivity (Wildman–Crippen MR) is 104 cm³/mol. The standard InChI is InChI=1S/C18H20Br2ClNO/c1-12(2)23-18-14(9-15(19)10-17(18)20)11-22-8-7-13-3-5-16(21)6-4-13/h3-6,9-10,12,22H,7-8,11H2,1-2H3. The summed E-state index contributed by atoms with van der Waals surface area (Å²) in [6.07, 6.45) is 1.10. The Bertz CT molecular complexity index is 644. The summed E-state index contributed by atoms with van der Waals surface area (Å²) in [5.74, 6) is 0.905. The lowest BCUT2D eigenvalue weighted by Crippen LogP contribution is -2.18. The van der Waals surface area contributed by atoms with E-state index in [-0.39, 0.29) is 6.10 Å². The quantitative estimate of drug-likeness (QED) is 0.512. The third-order valence-corrected chi connectivity index (χ3v) is 4.56. The van der Waals surface area contributed by atoms with Crippen LogP contribution in [0.15, 0.2) is 45.3 Å². The van der Waals surface area contributed by atoms with Crippen molar-refractivity contribution < 1.29 is 4.74 Å². The molecule has 0 fully saturated rings. The van der Waals surface area contributed by atoms with Crippen LogP contribution in [0.2, 0.25) is 5.02 Å². The minimum atomic E-state index is 0.139. The lowest BCUT2D eigenvalue weighted by atomic mass is 10.1. The second kappa shape index (κ2) is 9.07. The van der Waals surface area contributed by atoms with E-state index in [1.807, 2.05) is 32.0 Å². The van der Waals surface area contributed by atoms with Crippen molar-refractivity contribution in [1.29, 1.82) is 0 Å². The van der Waals surface area contributed by atoms with Gasteiger partial charge >= 0.3 is 0 Å². The molecule has 0 heterocycles. The van der Waals surface area contributed by atoms with Crippen LogP contribution in [0.3, 0.4) is 0 Å². The molecule has 23 heavy (non-hydrogen) atoms. The van der Waals surface area contributed by atoms with Crippen molar-refractivity contribution >= 4 is 43.5 Å². The molecule has 0 aliphatic rings. The first-order valence-corrected chi connectivity index (χ1v) is 9.52. The van der Waals surface area contributed by atoms with Crippen molar-refractivity contribution in [3.8, 4) is 5.75 Å². The molecule has 2 rings (SSSR count). The molecule has 0 amide bonds. The lowest BCUT2D eigenvalue weighted by molar-refractivity contribution is 0.238. The molecule has 0 spiro atoms. The Morgan fingerprint density at radius 2 is 1.83 bits per heavy atom. The fourth-order valence-corrected chi connectivity index (χ4v) is 3.75. The monoisotopic (exact) mass is 459 g/mol. The minimum Gasteiger partial charge on any atom is -0.489 e. The van der Waals surface area contributed by atoms with Crippen molar-refractivity contribution in [2.45, 2.75) is 32.9 Å². The number of rotatable bonds is 7. The van der Waals surface area contributed by atoms with Gasteiger partial charge in [0.1, 0.15) is 5.75 Å². The van der Waals surface area contributed by atoms with Gasteiger partial charge in [-0.3, -0.25) is 0 Å². The maximum atomic E-state index is 5.94. The van der Waals surface area contributed by atoms with Gasteiger partial charge in [0.25, 0.3) is 0 Å². The van der Waals surface area contributed by atoms with Crippen molar-refractivity contribution in [3.05, 3.63) is 61.5 Å². The van der Waals surface area contributed by atoms with Gasteiger partial charge in [0.2, 0.25) is 0 Å². The summed E-state index contributed by atoms with van der Waals surface area (Å²) in [5, 5.41) is 4.25. The highest BCUT2D eigenvalue weighted by molar-refractivity contribution is 9.11. The van der Waals surface area contributed by atoms with Crippen LogP contribution in [0.25, 0.3) is 0 Å². The van der Waals surface area contributed by atoms with Crippen molar-refractivity contribution in [3.63, 3.8) is 0 Å². The third kappa shape index (κ3) is 6.11. The highest BCUT2D eigenvalue weighted by atomic mass is 79.9. The van der Waals surface area contributed by atoms with Crippen LogP contribution in [0.1, 0.15) is 25.0 Å². The van der Waals surface area contributed by atoms with Gasteiger partial charge in [-0.2, -0.15) is 0 Å². The number of halogens is 3. The molecule has 124 valence electrons. The molecule has 1 N–H and O–H groups in total. The van der Waals surface area contributed by atoms with Crippen molar-refractivity contribution in [2.75, 3.05) is 6.54 Å². The van der Waals surface area contributed by atoms with Gasteiger partial charge in [0.05, 0.1) is 10.6 Å². The molecule has 5 heteroatoms. The van der Waals surface area contributed by atoms with Gasteiger partial charge in [-0.25, -0.2) is 0 Å². The fourth-order valence-electron chi connectivity index (χ4n) is 2.22. The topological polar surface area (TPSA) is 21.3 Å². The molecule has 0 saturated heterocycles. The second-order valence-corrected chi connectivity index (χ2v) is 7.80. The Morgan fingerprint density at radius 3 is 2.48 bits per heavy atom. The Morgan fingerprint density at radius 1 is 1.13 bits per heavy atom. The molecular weight excluding hydrogens is 441 g/mol. The summed E-state index contributed by atoms with van der Waals surface area (Å²) in [6.45, 7) is 5.72. The van der Waals surface area contributed by atoms with E-state index < -0.39 is 0 Å². The Balaban J connectivity index is 1.95. The summed E-state index contributed by atoms with van der Waals surface area (Å²) < 4.78 is 7.94. The average Bonchev–Trinajstić information content (AvgIpc) is 2.48. The van der Waals surface area contributed by atoms with E-state index in [1.54, 1.807) is 0 Å². The van der Waals surface area contributed by atoms with Crippen LogP contribution in [0.5, 0.6) is 5.75 Å². The number of hydrogen-bond donors (Lipinski definition) is 1. The van der Waals surface area contributed by atoms with E-state index in [4.69, 9.17) is 16.3 Å². The zero-order chi connectivity index (χ0) is 16.8. The zero-order valence-electron chi connectivity index (χ0n) is 13.2. The maximum Gasteiger partial charge on any atom is 0.138 e. The van der Waals surface area contributed by atoms with Crippen LogP contribution >= 0.6 is 43.5 Å². The average molecular weight is 462 g/mol. The van der Waals surface area contributed by atoms with Crippen LogP contribution in [-0.4, -0.2) is 12.6 Å². The third-order valence-electron chi connectivity index (χ3n) is 3.26. The molecule has 0 atom stereocenters. The van der Waals surface area contributed by atoms with Crippen LogP contribution in [-0.2, 0) is 13.0 Å². The summed E-state index contributed by atoms with van der Waals surface area (Å²) in [4.78, 5) is 0. The Hall–Kier alpha value is -0.550. The first-order valence-electron chi connectivity index (χ1n) is 7.55. The molecule has 0 aliphatic carbocycles. The number of benzene rings is 2. The van der Waals surface area contributed by atoms with Crippen molar-refractivity contribution in [2.24, 2.45) is 0 Å². The van der Waals surface area contributed by atoms with Crippen LogP contribution in [0, 0.1) is 0 Å². The van der Waals surface area contributed by atoms with E-state index >= 15 is 0 Å². The van der Waals surface area contributed by atoms with Gasteiger partial charge in [0.15, 0.2) is 0 Å². The minimum absolute atomic E-state index is 0.139. The highest BCUT2D eigenvalue weighted by Crippen LogP contribution is 2.33. The van der Waals surface area contributed by atoms with Crippen LogP contribution < -0.4 is 10.1 Å². The molecule has 0 saturated carbocycles. The summed E-state index contributed by atoms with van der Waals surface area (Å²) in [7, 11) is 0. The summed E-state index contributed by atoms with van der Waals surface area (Å²) >= 11 is 13.0. The summed E-state index contributed by atoms with van der Waals surface area (Å²) in [6, 6.07) is 12.1. The van der Waals surface area contributed by atoms with Gasteiger partial charge in [-0.05, 0) is 72.6 Å². The molecule has 2 nitrogen and oxygen atoms in total. The van der Waals surface area contributed by atoms with E-state index in [0.717, 1.165) is 44.8 Å². The number of hydrogen-bond acceptors (Lipinski definition) is 2. The molecule has 2 aromatic carbocycles. The van der Waals surface area contributed by atoms with E-state index in [9.17, 15) is 0 Å². The number of nitrogens with one attached hydrogen (secondary N) is 1. The van der Waals surface area contributed by atoms with Crippen molar-refractivity contribution in [1.82, 2.24) is 5.32 Å². The molecule has 0 bridgehead atoms. The molecule has 0 aliphatic heterocycles. The molecule has 0 radical (unpaired) electrons. The Kier molecular flexibility index (Phi) is 7.41. The molecular formula is C18H20Br2ClNO. The maximum absolute atomic E-state index is 5.94. The zero-order valence-corrected chi connectivity index (χ0v) is 17.1. The SMILES string of the molecule is CC(C)Oc1c(Br)cc(Br)cc1CNCCc1ccc(Cl)cc1. The molecule has 2 aromatic rings. The smallest absolute Gasteiger partial charge is 0.138 e. The van der Waals surface area contributed by atoms with Crippen LogP contribution in [0.4, 0.5) is 0 Å². The van der Waals surface area contributed by atoms with E-state index in [0.29, 0.717) is 0 Å². The first-order chi connectivity index (χ1) is 11.0. The summed E-state index contributed by atoms with van der Waals surface area (Å²) in [5.41, 5.74) is 2.41. The number of ether oxygens (including phenoxy) is 1. The van der Waals surface area contributed by atoms with E-state index in [2.05, 4.69) is 55.4 Å². The fraction of sp³-hybridized carbons (Fsp3) is 0.333. The molecule has 0 unspecified atom stereocenters. The van der Waals surface area contributed by atoms with E-state index in [1.165, 1.54) is 5.56 Å². The predicted octanol–water partition coefficient (Wildman–Crippen LogP) is 5.98. The van der Waals surface area contributed by atoms with Gasteiger partial charge in [0, 0.05) is 21.6 Å². The Labute approximate surface area is 159 Å². The highest BCUT2D eigenvalue weighted by Gasteiger charge is 2.11. The normalized spacial score (nSPS) is 11.0.